The third-order valence-corrected chi connectivity index (χ3v) is 0.348. The zero-order valence-corrected chi connectivity index (χ0v) is 13.9. The molecule has 0 aliphatic carbocycles. The molecular weight excluding hydrogens is 448 g/mol. The molecule has 0 atom stereocenters. The number of hydrogen-bond donors (Lipinski definition) is 0. The van der Waals surface area contributed by atoms with Crippen LogP contribution in [0.25, 0.3) is 0 Å². The van der Waals surface area contributed by atoms with Crippen LogP contribution >= 0.6 is 52.6 Å². The molecule has 68 valence electrons. The van der Waals surface area contributed by atoms with Crippen molar-refractivity contribution in [3.8, 4) is 0 Å². The fourth-order valence-corrected chi connectivity index (χ4v) is 0.203. The van der Waals surface area contributed by atoms with Crippen LogP contribution in [0.3, 0.4) is 0 Å². The average Bonchev–Trinajstić information content (AvgIpc) is 1.58. The summed E-state index contributed by atoms with van der Waals surface area (Å²) in [5.74, 6) is -0.211. The Kier molecular flexibility index (Phi) is 12.3. The molecule has 7 heteroatoms. The first-order valence-corrected chi connectivity index (χ1v) is 18.1. The first-order chi connectivity index (χ1) is 4.77. The van der Waals surface area contributed by atoms with Crippen molar-refractivity contribution in [3.63, 3.8) is 0 Å². The van der Waals surface area contributed by atoms with Gasteiger partial charge in [0.2, 0.25) is 0 Å². The molecule has 0 aromatic carbocycles. The molecule has 0 amide bonds. The van der Waals surface area contributed by atoms with Crippen molar-refractivity contribution >= 4 is 58.6 Å². The number of esters is 1. The summed E-state index contributed by atoms with van der Waals surface area (Å²) in [6.45, 7) is 3.65. The molecule has 0 fully saturated rings. The van der Waals surface area contributed by atoms with Crippen molar-refractivity contribution < 1.29 is 17.7 Å². The minimum absolute atomic E-state index is 0.211. The van der Waals surface area contributed by atoms with Crippen LogP contribution in [-0.4, -0.2) is 12.6 Å². The number of ether oxygens (including phenoxy) is 1. The van der Waals surface area contributed by atoms with Crippen LogP contribution in [0.5, 0.6) is 0 Å². The Balaban J connectivity index is 0. The Morgan fingerprint density at radius 3 is 1.64 bits per heavy atom. The molecule has 0 rings (SSSR count). The molecule has 0 saturated carbocycles. The van der Waals surface area contributed by atoms with Crippen LogP contribution in [-0.2, 0) is 17.7 Å². The normalized spacial score (nSPS) is 9.64. The molecular formula is C4H8Br4O2Ti. The van der Waals surface area contributed by atoms with Crippen molar-refractivity contribution in [1.29, 1.82) is 0 Å². The molecule has 0 aliphatic heterocycles. The van der Waals surface area contributed by atoms with Gasteiger partial charge < -0.3 is 4.74 Å². The Hall–Kier alpha value is 2.10. The van der Waals surface area contributed by atoms with Crippen LogP contribution in [0.15, 0.2) is 0 Å². The summed E-state index contributed by atoms with van der Waals surface area (Å²) < 4.78 is 4.40. The van der Waals surface area contributed by atoms with Gasteiger partial charge in [0.05, 0.1) is 6.61 Å². The third-order valence-electron chi connectivity index (χ3n) is 0.348. The Bertz CT molecular complexity index is 107. The fraction of sp³-hybridized carbons (Fsp3) is 0.750. The van der Waals surface area contributed by atoms with Crippen LogP contribution in [0.2, 0.25) is 0 Å². The van der Waals surface area contributed by atoms with Gasteiger partial charge in [0, 0.05) is 6.92 Å². The van der Waals surface area contributed by atoms with Gasteiger partial charge >= 0.3 is 66.8 Å². The van der Waals surface area contributed by atoms with Gasteiger partial charge in [0.15, 0.2) is 0 Å². The number of carbonyl (C=O) groups is 1. The quantitative estimate of drug-likeness (QED) is 0.442. The second kappa shape index (κ2) is 8.69. The first kappa shape index (κ1) is 15.6. The molecule has 0 aliphatic rings. The van der Waals surface area contributed by atoms with Gasteiger partial charge in [0.1, 0.15) is 0 Å². The summed E-state index contributed by atoms with van der Waals surface area (Å²) >= 11 is 13.2. The SMILES string of the molecule is CCOC(C)=O.[Br][Ti]([Br])([Br])[Br]. The van der Waals surface area contributed by atoms with Crippen LogP contribution in [0, 0.1) is 0 Å². The predicted octanol–water partition coefficient (Wildman–Crippen LogP) is 3.95. The van der Waals surface area contributed by atoms with Gasteiger partial charge in [-0.3, -0.25) is 4.79 Å². The maximum absolute atomic E-state index is 9.82. The summed E-state index contributed by atoms with van der Waals surface area (Å²) in [6.07, 6.45) is 0. The van der Waals surface area contributed by atoms with E-state index in [1.54, 1.807) is 6.92 Å². The van der Waals surface area contributed by atoms with Gasteiger partial charge in [-0.05, 0) is 6.92 Å². The third kappa shape index (κ3) is 47.4. The Labute approximate surface area is 95.4 Å². The molecule has 0 bridgehead atoms. The van der Waals surface area contributed by atoms with Crippen molar-refractivity contribution in [2.75, 3.05) is 6.61 Å². The van der Waals surface area contributed by atoms with E-state index < -0.39 is 8.21 Å². The van der Waals surface area contributed by atoms with Gasteiger partial charge in [-0.15, -0.1) is 0 Å². The van der Waals surface area contributed by atoms with Crippen molar-refractivity contribution in [2.24, 2.45) is 0 Å². The molecule has 0 radical (unpaired) electrons. The van der Waals surface area contributed by atoms with Crippen LogP contribution in [0.1, 0.15) is 13.8 Å². The van der Waals surface area contributed by atoms with Gasteiger partial charge in [0.25, 0.3) is 0 Å². The van der Waals surface area contributed by atoms with E-state index in [-0.39, 0.29) is 5.97 Å². The molecule has 0 unspecified atom stereocenters. The Morgan fingerprint density at radius 1 is 1.36 bits per heavy atom. The number of hydrogen-bond acceptors (Lipinski definition) is 2. The Morgan fingerprint density at radius 2 is 1.64 bits per heavy atom. The first-order valence-electron chi connectivity index (χ1n) is 2.66. The molecule has 0 aromatic heterocycles. The molecule has 0 aromatic rings. The van der Waals surface area contributed by atoms with Crippen LogP contribution < -0.4 is 0 Å². The fourth-order valence-electron chi connectivity index (χ4n) is 0.203. The van der Waals surface area contributed by atoms with Gasteiger partial charge in [-0.25, -0.2) is 0 Å². The summed E-state index contributed by atoms with van der Waals surface area (Å²) in [6, 6.07) is 0. The average molecular weight is 456 g/mol. The van der Waals surface area contributed by atoms with E-state index in [4.69, 9.17) is 0 Å². The second-order valence-corrected chi connectivity index (χ2v) is 48.6. The molecule has 0 heterocycles. The monoisotopic (exact) mass is 452 g/mol. The van der Waals surface area contributed by atoms with Crippen molar-refractivity contribution in [3.05, 3.63) is 0 Å². The standard InChI is InChI=1S/C4H8O2.4BrH.Ti/c1-3-6-4(2)5;;;;;/h3H2,1-2H3;4*1H;/q;;;;;+4/p-4. The van der Waals surface area contributed by atoms with E-state index in [1.807, 2.05) is 0 Å². The van der Waals surface area contributed by atoms with Crippen LogP contribution in [0.4, 0.5) is 0 Å². The van der Waals surface area contributed by atoms with Crippen molar-refractivity contribution in [2.45, 2.75) is 13.8 Å². The topological polar surface area (TPSA) is 26.3 Å². The molecule has 0 saturated heterocycles. The molecule has 0 N–H and O–H groups in total. The van der Waals surface area contributed by atoms with Crippen molar-refractivity contribution in [1.82, 2.24) is 0 Å². The zero-order valence-electron chi connectivity index (χ0n) is 6.04. The molecule has 2 nitrogen and oxygen atoms in total. The van der Waals surface area contributed by atoms with Gasteiger partial charge in [-0.2, -0.15) is 0 Å². The maximum atomic E-state index is 9.82. The molecule has 0 spiro atoms. The minimum atomic E-state index is -1.75. The zero-order chi connectivity index (χ0) is 9.49. The van der Waals surface area contributed by atoms with E-state index >= 15 is 0 Å². The second-order valence-electron chi connectivity index (χ2n) is 1.35. The van der Waals surface area contributed by atoms with E-state index in [1.165, 1.54) is 6.92 Å². The summed E-state index contributed by atoms with van der Waals surface area (Å²) in [5.41, 5.74) is 0. The summed E-state index contributed by atoms with van der Waals surface area (Å²) in [7, 11) is -1.75. The summed E-state index contributed by atoms with van der Waals surface area (Å²) in [4.78, 5) is 9.82. The predicted molar refractivity (Wildman–Crippen MR) is 58.0 cm³/mol. The van der Waals surface area contributed by atoms with Gasteiger partial charge in [-0.1, -0.05) is 0 Å². The summed E-state index contributed by atoms with van der Waals surface area (Å²) in [5, 5.41) is 0. The van der Waals surface area contributed by atoms with E-state index in [0.717, 1.165) is 0 Å². The van der Waals surface area contributed by atoms with E-state index in [0.29, 0.717) is 6.61 Å². The van der Waals surface area contributed by atoms with E-state index in [2.05, 4.69) is 57.4 Å². The number of rotatable bonds is 1. The number of halogens is 4. The molecule has 11 heavy (non-hydrogen) atoms. The van der Waals surface area contributed by atoms with E-state index in [9.17, 15) is 4.79 Å². The number of carbonyl (C=O) groups excluding carboxylic acids is 1.